The Morgan fingerprint density at radius 2 is 1.56 bits per heavy atom. The van der Waals surface area contributed by atoms with Gasteiger partial charge in [-0.3, -0.25) is 24.1 Å². The van der Waals surface area contributed by atoms with Gasteiger partial charge in [-0.15, -0.1) is 11.3 Å². The molecule has 6 atom stereocenters. The van der Waals surface area contributed by atoms with Crippen LogP contribution in [0.1, 0.15) is 127 Å². The van der Waals surface area contributed by atoms with Crippen molar-refractivity contribution in [1.82, 2.24) is 35.6 Å². The summed E-state index contributed by atoms with van der Waals surface area (Å²) in [6.07, 6.45) is 5.59. The number of carbonyl (C=O) groups is 4. The van der Waals surface area contributed by atoms with Gasteiger partial charge in [0.15, 0.2) is 0 Å². The number of fused-ring (bicyclic) bond motifs is 2. The topological polar surface area (TPSA) is 147 Å². The van der Waals surface area contributed by atoms with Crippen LogP contribution in [0.2, 0.25) is 0 Å². The molecule has 0 spiro atoms. The predicted octanol–water partition coefficient (Wildman–Crippen LogP) is 6.51. The number of nitrogens with zero attached hydrogens (tertiary/aromatic N) is 4. The number of rotatable bonds is 15. The first-order valence-corrected chi connectivity index (χ1v) is 24.0. The minimum Gasteiger partial charge on any atom is -0.391 e. The summed E-state index contributed by atoms with van der Waals surface area (Å²) in [5.74, 6) is -0.864. The highest BCUT2D eigenvalue weighted by molar-refractivity contribution is 7.13. The minimum atomic E-state index is -0.870. The molecule has 4 N–H and O–H groups in total. The number of benzene rings is 2. The van der Waals surface area contributed by atoms with Gasteiger partial charge in [0.05, 0.1) is 34.8 Å². The normalized spacial score (nSPS) is 24.4. The average Bonchev–Trinajstić information content (AvgIpc) is 3.90. The van der Waals surface area contributed by atoms with Crippen LogP contribution in [0.3, 0.4) is 0 Å². The van der Waals surface area contributed by atoms with Crippen LogP contribution >= 0.6 is 11.3 Å². The second-order valence-electron chi connectivity index (χ2n) is 21.4. The van der Waals surface area contributed by atoms with Crippen LogP contribution in [0, 0.1) is 23.2 Å². The van der Waals surface area contributed by atoms with E-state index in [4.69, 9.17) is 0 Å². The lowest BCUT2D eigenvalue weighted by atomic mass is 9.52. The van der Waals surface area contributed by atoms with Crippen molar-refractivity contribution >= 4 is 35.0 Å². The number of carbonyl (C=O) groups excluding carboxylic acids is 4. The minimum absolute atomic E-state index is 0.00546. The summed E-state index contributed by atoms with van der Waals surface area (Å²) in [6, 6.07) is 14.8. The number of aliphatic hydroxyl groups is 1. The maximum Gasteiger partial charge on any atom is 0.251 e. The van der Waals surface area contributed by atoms with Crippen LogP contribution in [0.5, 0.6) is 0 Å². The second kappa shape index (κ2) is 18.7. The Morgan fingerprint density at radius 1 is 0.905 bits per heavy atom. The highest BCUT2D eigenvalue weighted by atomic mass is 32.1. The first-order valence-electron chi connectivity index (χ1n) is 23.2. The van der Waals surface area contributed by atoms with Crippen molar-refractivity contribution in [3.63, 3.8) is 0 Å². The van der Waals surface area contributed by atoms with Gasteiger partial charge in [0.1, 0.15) is 12.1 Å². The van der Waals surface area contributed by atoms with E-state index >= 15 is 0 Å². The number of nitrogens with one attached hydrogen (secondary N) is 3. The van der Waals surface area contributed by atoms with Crippen LogP contribution in [-0.4, -0.2) is 117 Å². The zero-order chi connectivity index (χ0) is 45.4. The Bertz CT molecular complexity index is 2080. The van der Waals surface area contributed by atoms with E-state index in [0.29, 0.717) is 5.56 Å². The van der Waals surface area contributed by atoms with Gasteiger partial charge in [0.2, 0.25) is 17.7 Å². The molecule has 0 radical (unpaired) electrons. The van der Waals surface area contributed by atoms with Crippen molar-refractivity contribution in [2.45, 2.75) is 150 Å². The van der Waals surface area contributed by atoms with Crippen molar-refractivity contribution in [1.29, 1.82) is 0 Å². The molecule has 1 saturated carbocycles. The van der Waals surface area contributed by atoms with Crippen LogP contribution in [-0.2, 0) is 20.8 Å². The quantitative estimate of drug-likeness (QED) is 0.126. The third-order valence-electron chi connectivity index (χ3n) is 14.3. The summed E-state index contributed by atoms with van der Waals surface area (Å²) in [6.45, 7) is 21.7. The molecule has 3 aliphatic heterocycles. The number of hydrogen-bond acceptors (Lipinski definition) is 9. The summed E-state index contributed by atoms with van der Waals surface area (Å²) in [4.78, 5) is 66.7. The van der Waals surface area contributed by atoms with Gasteiger partial charge in [-0.05, 0) is 104 Å². The van der Waals surface area contributed by atoms with E-state index in [1.165, 1.54) is 10.5 Å². The van der Waals surface area contributed by atoms with Crippen molar-refractivity contribution in [3.05, 3.63) is 76.4 Å². The molecule has 3 saturated heterocycles. The molecule has 63 heavy (non-hydrogen) atoms. The first-order chi connectivity index (χ1) is 29.7. The van der Waals surface area contributed by atoms with Gasteiger partial charge >= 0.3 is 0 Å². The number of thiazole rings is 1. The number of aliphatic hydroxyl groups excluding tert-OH is 1. The molecule has 3 aromatic rings. The van der Waals surface area contributed by atoms with Gasteiger partial charge in [-0.25, -0.2) is 4.98 Å². The van der Waals surface area contributed by atoms with Crippen LogP contribution < -0.4 is 16.0 Å². The molecule has 7 rings (SSSR count). The van der Waals surface area contributed by atoms with E-state index in [2.05, 4.69) is 70.6 Å². The molecule has 4 heterocycles. The predicted molar refractivity (Wildman–Crippen MR) is 249 cm³/mol. The molecule has 2 aromatic carbocycles. The Labute approximate surface area is 379 Å². The zero-order valence-electron chi connectivity index (χ0n) is 39.0. The Kier molecular flexibility index (Phi) is 13.9. The molecule has 1 aliphatic carbocycles. The first kappa shape index (κ1) is 46.8. The molecule has 1 aromatic heterocycles. The lowest BCUT2D eigenvalue weighted by molar-refractivity contribution is -0.144. The number of hydrogen-bond donors (Lipinski definition) is 4. The van der Waals surface area contributed by atoms with E-state index in [9.17, 15) is 24.3 Å². The summed E-state index contributed by atoms with van der Waals surface area (Å²) in [5.41, 5.74) is 6.36. The molecule has 2 bridgehead atoms. The highest BCUT2D eigenvalue weighted by Gasteiger charge is 2.53. The fourth-order valence-corrected chi connectivity index (χ4v) is 12.1. The summed E-state index contributed by atoms with van der Waals surface area (Å²) in [5, 5.41) is 20.2. The molecular weight excluding hydrogens is 811 g/mol. The maximum absolute atomic E-state index is 14.3. The van der Waals surface area contributed by atoms with E-state index < -0.39 is 23.6 Å². The van der Waals surface area contributed by atoms with Crippen molar-refractivity contribution < 1.29 is 24.3 Å². The van der Waals surface area contributed by atoms with E-state index in [0.717, 1.165) is 79.9 Å². The maximum atomic E-state index is 14.3. The number of aryl methyl sites for hydroxylation is 2. The smallest absolute Gasteiger partial charge is 0.251 e. The SMILES string of the molecule is Cc1ncsc1-c1ccc([C@H](C)NC(=O)C2C[C@@H](O)CN2C(=O)C(NC(=O)CN2C3CCC2CN(CCCCc2ccc(C(=O)NC4C(C)(C)CC4(C)C)cc2)C3)C(C)(C)C)cc1. The fraction of sp³-hybridized carbons (Fsp3) is 0.620. The summed E-state index contributed by atoms with van der Waals surface area (Å²) < 4.78 is 0. The lowest BCUT2D eigenvalue weighted by Gasteiger charge is -2.57. The van der Waals surface area contributed by atoms with Gasteiger partial charge < -0.3 is 30.9 Å². The third-order valence-corrected chi connectivity index (χ3v) is 15.2. The Hall–Kier alpha value is -4.17. The number of likely N-dealkylation sites (tertiary alicyclic amines) is 2. The van der Waals surface area contributed by atoms with Crippen molar-refractivity contribution in [3.8, 4) is 10.4 Å². The molecule has 12 nitrogen and oxygen atoms in total. The summed E-state index contributed by atoms with van der Waals surface area (Å²) in [7, 11) is 0. The van der Waals surface area contributed by atoms with Crippen molar-refractivity contribution in [2.75, 3.05) is 32.7 Å². The van der Waals surface area contributed by atoms with Crippen LogP contribution in [0.25, 0.3) is 10.4 Å². The fourth-order valence-electron chi connectivity index (χ4n) is 11.3. The molecular formula is C50H71N7O5S. The van der Waals surface area contributed by atoms with E-state index in [1.54, 1.807) is 11.3 Å². The Morgan fingerprint density at radius 3 is 2.14 bits per heavy atom. The lowest BCUT2D eigenvalue weighted by Crippen LogP contribution is -2.63. The summed E-state index contributed by atoms with van der Waals surface area (Å²) >= 11 is 1.59. The van der Waals surface area contributed by atoms with Crippen LogP contribution in [0.15, 0.2) is 54.0 Å². The largest absolute Gasteiger partial charge is 0.391 e. The van der Waals surface area contributed by atoms with Gasteiger partial charge in [0.25, 0.3) is 5.91 Å². The molecule has 4 unspecified atom stereocenters. The number of aromatic nitrogens is 1. The Balaban J connectivity index is 0.867. The molecule has 4 aliphatic rings. The zero-order valence-corrected chi connectivity index (χ0v) is 39.8. The third kappa shape index (κ3) is 10.7. The van der Waals surface area contributed by atoms with Gasteiger partial charge in [-0.2, -0.15) is 0 Å². The van der Waals surface area contributed by atoms with E-state index in [1.807, 2.05) is 76.5 Å². The molecule has 4 amide bonds. The number of amides is 4. The molecule has 342 valence electrons. The standard InChI is InChI=1S/C50H71N7O5S/c1-31(34-17-19-35(20-18-34)42-32(2)51-30-63-42)52-45(61)40-24-39(58)27-57(40)46(62)43(48(3,4)5)53-41(59)28-56-37-21-22-38(56)26-55(25-37)23-11-10-12-33-13-15-36(16-14-33)44(60)54-47-49(6,7)29-50(47,8)9/h13-20,30-31,37-40,43,47,58H,10-12,21-29H2,1-9H3,(H,52,61)(H,53,59)(H,54,60)/t31-,37?,38?,39+,40?,43?/m0/s1. The monoisotopic (exact) mass is 882 g/mol. The van der Waals surface area contributed by atoms with Gasteiger partial charge in [-0.1, -0.05) is 84.9 Å². The molecule has 13 heteroatoms. The number of piperazine rings is 1. The number of β-amino-alcohol motifs (C(OH)–C–C–N with tert-alkyl or cyclic N) is 1. The van der Waals surface area contributed by atoms with Crippen molar-refractivity contribution in [2.24, 2.45) is 16.2 Å². The number of unbranched alkanes of at least 4 members (excludes halogenated alkanes) is 1. The average molecular weight is 882 g/mol. The molecule has 4 fully saturated rings. The second-order valence-corrected chi connectivity index (χ2v) is 22.3. The van der Waals surface area contributed by atoms with Gasteiger partial charge in [0, 0.05) is 49.7 Å². The van der Waals surface area contributed by atoms with E-state index in [-0.39, 0.29) is 78.1 Å². The van der Waals surface area contributed by atoms with Crippen LogP contribution in [0.4, 0.5) is 0 Å². The highest BCUT2D eigenvalue weighted by Crippen LogP contribution is 2.53.